The first kappa shape index (κ1) is 83.9. The Morgan fingerprint density at radius 3 is 1.05 bits per heavy atom. The number of benzene rings is 16. The molecule has 13 nitrogen and oxygen atoms in total. The molecule has 0 spiro atoms. The maximum absolute atomic E-state index is 9.36. The molecule has 0 bridgehead atoms. The van der Waals surface area contributed by atoms with Gasteiger partial charge in [-0.25, -0.2) is 9.97 Å². The van der Waals surface area contributed by atoms with Gasteiger partial charge in [-0.1, -0.05) is 275 Å². The first-order valence-corrected chi connectivity index (χ1v) is 47.3. The van der Waals surface area contributed by atoms with Crippen molar-refractivity contribution in [1.29, 1.82) is 0 Å². The summed E-state index contributed by atoms with van der Waals surface area (Å²) in [4.78, 5) is 9.36. The van der Waals surface area contributed by atoms with Crippen LogP contribution in [0.1, 0.15) is 114 Å². The van der Waals surface area contributed by atoms with Crippen LogP contribution < -0.4 is 18.6 Å². The van der Waals surface area contributed by atoms with Crippen LogP contribution >= 0.6 is 0 Å². The quantitative estimate of drug-likeness (QED) is 0.0850. The molecule has 0 N–H and O–H groups in total. The number of aromatic nitrogens is 11. The van der Waals surface area contributed by atoms with Gasteiger partial charge >= 0.3 is 0 Å². The molecule has 9 heterocycles. The fraction of sp³-hybridized carbons (Fsp3) is 0.143. The largest absolute Gasteiger partial charge is 0.510 e. The SMILES string of the molecule is [2H]C([2H])([2H])[n+]1[c-]n(-c2[c-]c(Oc3[c-]c4c(cc3)c3ccccc3n4-c3ccccn3)ccc2)c2cccc(-c3c(-n4c5ccc(C(C)(C)C)cc5c5cc(C(C)(C)C)ccc54)cccc3-n3c4ccc(C(C)(C)C)cc4c4cc(C(C)(C)C)ccc43)c21.[2H]C([2H])([2H])[n+]1[c-]n(-c2[c-]c(Oc3[c-]c4c(cc3)c3ccccc3n4-c3ccccn3)ccc2)c2cccc(-c3cccc4c5ccccc5n(-c5ccccc5)c34)c21.[Pt].[Pt]. The smallest absolute Gasteiger partial charge is 0.242 e. The Hall–Kier alpha value is -15.3. The molecule has 9 aromatic heterocycles. The second-order valence-corrected chi connectivity index (χ2v) is 40.3. The van der Waals surface area contributed by atoms with E-state index in [2.05, 4.69) is 318 Å². The van der Waals surface area contributed by atoms with Gasteiger partial charge in [-0.2, -0.15) is 36.4 Å². The summed E-state index contributed by atoms with van der Waals surface area (Å²) in [5, 5.41) is 11.0. The molecule has 0 radical (unpaired) electrons. The Morgan fingerprint density at radius 2 is 0.624 bits per heavy atom. The van der Waals surface area contributed by atoms with Crippen LogP contribution in [0.3, 0.4) is 0 Å². The first-order chi connectivity index (χ1) is 69.7. The summed E-state index contributed by atoms with van der Waals surface area (Å²) in [6.45, 7) is 22.0. The van der Waals surface area contributed by atoms with Crippen molar-refractivity contribution in [2.45, 2.75) is 105 Å². The van der Waals surface area contributed by atoms with Gasteiger partial charge in [0.2, 0.25) is 12.7 Å². The van der Waals surface area contributed by atoms with Crippen molar-refractivity contribution in [3.8, 4) is 85.3 Å². The van der Waals surface area contributed by atoms with Crippen molar-refractivity contribution < 1.29 is 69.0 Å². The number of aryl methyl sites for hydroxylation is 2. The fourth-order valence-corrected chi connectivity index (χ4v) is 20.6. The molecule has 0 aliphatic carbocycles. The van der Waals surface area contributed by atoms with Crippen LogP contribution in [-0.4, -0.2) is 41.9 Å². The second kappa shape index (κ2) is 35.0. The van der Waals surface area contributed by atoms with Crippen molar-refractivity contribution in [2.24, 2.45) is 14.0 Å². The molecule has 0 aliphatic heterocycles. The van der Waals surface area contributed by atoms with Crippen molar-refractivity contribution in [1.82, 2.24) is 41.9 Å². The zero-order chi connectivity index (χ0) is 99.8. The van der Waals surface area contributed by atoms with Gasteiger partial charge in [-0.3, -0.25) is 0 Å². The number of ether oxygens (including phenoxy) is 2. The van der Waals surface area contributed by atoms with E-state index in [9.17, 15) is 4.11 Å². The molecule has 0 aliphatic rings. The minimum atomic E-state index is -2.67. The van der Waals surface area contributed by atoms with E-state index in [4.69, 9.17) is 18.6 Å². The predicted molar refractivity (Wildman–Crippen MR) is 568 cm³/mol. The minimum absolute atomic E-state index is 0. The average molecular weight is 2200 g/mol. The number of nitrogens with zero attached hydrogens (tertiary/aromatic N) is 11. The molecule has 16 aromatic carbocycles. The fourth-order valence-electron chi connectivity index (χ4n) is 20.6. The normalized spacial score (nSPS) is 13.0. The monoisotopic (exact) mass is 2200 g/mol. The summed E-state index contributed by atoms with van der Waals surface area (Å²) in [7, 11) is 0. The standard InChI is InChI=1S/C77H70N6O.C49H31N5O.2Pt/c1-74(2,3)48-30-36-63-58(41-48)59-42-49(75(4,5)6)31-37-64(59)81(63)67-26-20-27-68(82-65-38-32-50(76(7,8)9)43-60(65)61-44-51(77(10,11)12)33-39-66(61)82)72(67)57-24-19-28-69-73(57)79(13)47-80(69)52-21-18-22-53(45-52)84-54-34-35-56-55-23-14-15-25-62(55)83(70(56)46-54)71-29-16-17-40-78-71;1-51-32-52(34-16-11-17-35(30-34)55-36-27-28-39-37-18-5-8-24-44(37)54(46(39)31-36)47-26-9-10-29-50-47)45-25-13-22-42(49(45)51)41-21-12-20-40-38-19-6-7-23-43(38)53(48(40)41)33-14-3-2-4-15-33;;/h14-44H,1-13H3;2-29H,1H3;;/q2*-2;;/i13D3;1D3;;. The van der Waals surface area contributed by atoms with Crippen LogP contribution in [0.5, 0.6) is 23.0 Å². The summed E-state index contributed by atoms with van der Waals surface area (Å²) in [6.07, 6.45) is 10.1. The second-order valence-electron chi connectivity index (χ2n) is 40.3. The third-order valence-corrected chi connectivity index (χ3v) is 27.4. The van der Waals surface area contributed by atoms with E-state index in [1.165, 1.54) is 31.4 Å². The van der Waals surface area contributed by atoms with Gasteiger partial charge in [-0.15, -0.1) is 59.3 Å². The summed E-state index contributed by atoms with van der Waals surface area (Å²) < 4.78 is 84.7. The van der Waals surface area contributed by atoms with Gasteiger partial charge in [0.15, 0.2) is 0 Å². The molecule has 25 aromatic rings. The van der Waals surface area contributed by atoms with Crippen LogP contribution in [0.25, 0.3) is 193 Å². The zero-order valence-electron chi connectivity index (χ0n) is 85.9. The Morgan fingerprint density at radius 1 is 0.277 bits per heavy atom. The molecule has 0 unspecified atom stereocenters. The van der Waals surface area contributed by atoms with Gasteiger partial charge in [0.05, 0.1) is 88.7 Å². The molecular weight excluding hydrogens is 2090 g/mol. The Balaban J connectivity index is 0.000000178. The van der Waals surface area contributed by atoms with E-state index in [1.54, 1.807) is 21.5 Å². The molecule has 141 heavy (non-hydrogen) atoms. The van der Waals surface area contributed by atoms with E-state index in [1.807, 2.05) is 176 Å². The number of fused-ring (bicyclic) bond motifs is 17. The Bertz CT molecular complexity index is 9240. The van der Waals surface area contributed by atoms with Crippen LogP contribution in [0.2, 0.25) is 0 Å². The van der Waals surface area contributed by atoms with E-state index in [-0.39, 0.29) is 63.8 Å². The summed E-state index contributed by atoms with van der Waals surface area (Å²) >= 11 is 0. The molecule has 0 atom stereocenters. The summed E-state index contributed by atoms with van der Waals surface area (Å²) in [6, 6.07) is 132. The molecule has 15 heteroatoms. The number of pyridine rings is 2. The number of rotatable bonds is 13. The van der Waals surface area contributed by atoms with Gasteiger partial charge in [0.25, 0.3) is 0 Å². The molecule has 696 valence electrons. The molecule has 25 rings (SSSR count). The maximum atomic E-state index is 9.36. The van der Waals surface area contributed by atoms with E-state index in [0.29, 0.717) is 56.4 Å². The van der Waals surface area contributed by atoms with Crippen LogP contribution in [0.4, 0.5) is 0 Å². The molecule has 0 amide bonds. The molecule has 0 fully saturated rings. The van der Waals surface area contributed by atoms with Gasteiger partial charge in [-0.05, 0) is 181 Å². The number of hydrogen-bond donors (Lipinski definition) is 0. The predicted octanol–water partition coefficient (Wildman–Crippen LogP) is 30.1. The zero-order valence-corrected chi connectivity index (χ0v) is 84.5. The Kier molecular flexibility index (Phi) is 20.8. The van der Waals surface area contributed by atoms with Crippen LogP contribution in [0, 0.1) is 36.9 Å². The third-order valence-electron chi connectivity index (χ3n) is 27.4. The van der Waals surface area contributed by atoms with Crippen molar-refractivity contribution in [3.05, 3.63) is 417 Å². The number of hydrogen-bond acceptors (Lipinski definition) is 4. The van der Waals surface area contributed by atoms with Crippen LogP contribution in [-0.2, 0) is 77.7 Å². The first-order valence-electron chi connectivity index (χ1n) is 50.3. The van der Waals surface area contributed by atoms with Gasteiger partial charge < -0.3 is 50.6 Å². The molecular formula is C126H101N11O2Pt2-4. The topological polar surface area (TPSA) is 86.5 Å². The van der Waals surface area contributed by atoms with Crippen LogP contribution in [0.15, 0.2) is 358 Å². The third kappa shape index (κ3) is 15.5. The Labute approximate surface area is 857 Å². The van der Waals surface area contributed by atoms with E-state index < -0.39 is 14.0 Å². The maximum Gasteiger partial charge on any atom is 0.242 e. The van der Waals surface area contributed by atoms with E-state index >= 15 is 0 Å². The molecule has 0 saturated heterocycles. The van der Waals surface area contributed by atoms with Gasteiger partial charge in [0.1, 0.15) is 11.6 Å². The van der Waals surface area contributed by atoms with Gasteiger partial charge in [0, 0.05) is 138 Å². The number of para-hydroxylation sites is 7. The minimum Gasteiger partial charge on any atom is -0.510 e. The van der Waals surface area contributed by atoms with Crippen molar-refractivity contribution in [2.75, 3.05) is 0 Å². The number of imidazole rings is 2. The summed E-state index contributed by atoms with van der Waals surface area (Å²) in [5.41, 5.74) is 24.0. The average Bonchev–Trinajstić information content (AvgIpc) is 1.49. The van der Waals surface area contributed by atoms with E-state index in [0.717, 1.165) is 160 Å². The molecule has 0 saturated carbocycles. The summed E-state index contributed by atoms with van der Waals surface area (Å²) in [5.74, 6) is 3.42. The van der Waals surface area contributed by atoms with Crippen molar-refractivity contribution >= 4 is 131 Å². The van der Waals surface area contributed by atoms with Crippen molar-refractivity contribution in [3.63, 3.8) is 0 Å².